The van der Waals surface area contributed by atoms with Crippen molar-refractivity contribution in [3.8, 4) is 5.75 Å². The van der Waals surface area contributed by atoms with Crippen LogP contribution in [0.25, 0.3) is 0 Å². The lowest BCUT2D eigenvalue weighted by atomic mass is 10.2. The standard InChI is InChI=1S/C17H14F2N2O6/c1-9(27-17(23)10-5-11(18)7-12(19)6-10)16(22)20-14-4-3-13(21(24)25)8-15(14)26-2/h3-9H,1-2H3,(H,20,22)/t9-/m0/s1. The first kappa shape index (κ1) is 19.8. The molecule has 0 saturated carbocycles. The smallest absolute Gasteiger partial charge is 0.339 e. The molecular formula is C17H14F2N2O6. The molecule has 142 valence electrons. The Balaban J connectivity index is 2.09. The third-order valence-corrected chi connectivity index (χ3v) is 3.41. The average Bonchev–Trinajstić information content (AvgIpc) is 2.60. The zero-order valence-corrected chi connectivity index (χ0v) is 14.2. The van der Waals surface area contributed by atoms with Gasteiger partial charge in [-0.05, 0) is 25.1 Å². The van der Waals surface area contributed by atoms with Crippen molar-refractivity contribution < 1.29 is 32.8 Å². The van der Waals surface area contributed by atoms with Gasteiger partial charge in [-0.3, -0.25) is 14.9 Å². The van der Waals surface area contributed by atoms with E-state index in [1.165, 1.54) is 20.1 Å². The second-order valence-corrected chi connectivity index (χ2v) is 5.34. The zero-order chi connectivity index (χ0) is 20.1. The first-order valence-corrected chi connectivity index (χ1v) is 7.51. The molecule has 0 aliphatic heterocycles. The van der Waals surface area contributed by atoms with Gasteiger partial charge in [-0.2, -0.15) is 0 Å². The van der Waals surface area contributed by atoms with E-state index < -0.39 is 34.5 Å². The van der Waals surface area contributed by atoms with Crippen LogP contribution in [-0.4, -0.2) is 30.0 Å². The summed E-state index contributed by atoms with van der Waals surface area (Å²) < 4.78 is 36.2. The van der Waals surface area contributed by atoms with Crippen LogP contribution in [0.15, 0.2) is 36.4 Å². The zero-order valence-electron chi connectivity index (χ0n) is 14.2. The molecule has 27 heavy (non-hydrogen) atoms. The molecule has 0 unspecified atom stereocenters. The molecule has 0 aromatic heterocycles. The number of rotatable bonds is 6. The van der Waals surface area contributed by atoms with Gasteiger partial charge in [0.25, 0.3) is 11.6 Å². The third kappa shape index (κ3) is 4.97. The predicted octanol–water partition coefficient (Wildman–Crippen LogP) is 3.07. The number of nitrogens with one attached hydrogen (secondary N) is 1. The lowest BCUT2D eigenvalue weighted by Gasteiger charge is -2.15. The normalized spacial score (nSPS) is 11.4. The summed E-state index contributed by atoms with van der Waals surface area (Å²) in [5, 5.41) is 13.2. The van der Waals surface area contributed by atoms with Crippen LogP contribution in [-0.2, 0) is 9.53 Å². The fourth-order valence-electron chi connectivity index (χ4n) is 2.08. The lowest BCUT2D eigenvalue weighted by Crippen LogP contribution is -2.30. The number of nitrogens with zero attached hydrogens (tertiary/aromatic N) is 1. The minimum absolute atomic E-state index is 0.0308. The Labute approximate surface area is 151 Å². The number of carbonyl (C=O) groups excluding carboxylic acids is 2. The summed E-state index contributed by atoms with van der Waals surface area (Å²) in [6.07, 6.45) is -1.32. The van der Waals surface area contributed by atoms with Crippen molar-refractivity contribution >= 4 is 23.3 Å². The first-order valence-electron chi connectivity index (χ1n) is 7.51. The van der Waals surface area contributed by atoms with Crippen molar-refractivity contribution in [2.45, 2.75) is 13.0 Å². The number of esters is 1. The summed E-state index contributed by atoms with van der Waals surface area (Å²) in [5.41, 5.74) is -0.509. The van der Waals surface area contributed by atoms with Gasteiger partial charge in [-0.1, -0.05) is 0 Å². The number of ether oxygens (including phenoxy) is 2. The number of methoxy groups -OCH3 is 1. The summed E-state index contributed by atoms with van der Waals surface area (Å²) in [4.78, 5) is 34.2. The van der Waals surface area contributed by atoms with Crippen LogP contribution in [0, 0.1) is 21.7 Å². The summed E-state index contributed by atoms with van der Waals surface area (Å²) in [7, 11) is 1.26. The van der Waals surface area contributed by atoms with E-state index in [0.717, 1.165) is 24.3 Å². The maximum absolute atomic E-state index is 13.2. The predicted molar refractivity (Wildman–Crippen MR) is 89.5 cm³/mol. The van der Waals surface area contributed by atoms with Gasteiger partial charge in [-0.25, -0.2) is 13.6 Å². The van der Waals surface area contributed by atoms with Crippen LogP contribution in [0.1, 0.15) is 17.3 Å². The van der Waals surface area contributed by atoms with Gasteiger partial charge in [0.15, 0.2) is 6.10 Å². The molecule has 1 N–H and O–H groups in total. The lowest BCUT2D eigenvalue weighted by molar-refractivity contribution is -0.384. The van der Waals surface area contributed by atoms with E-state index in [0.29, 0.717) is 6.07 Å². The topological polar surface area (TPSA) is 108 Å². The van der Waals surface area contributed by atoms with Gasteiger partial charge in [-0.15, -0.1) is 0 Å². The first-order chi connectivity index (χ1) is 12.7. The number of nitro benzene ring substituents is 1. The van der Waals surface area contributed by atoms with E-state index in [1.54, 1.807) is 0 Å². The number of non-ortho nitro benzene ring substituents is 1. The van der Waals surface area contributed by atoms with Crippen molar-refractivity contribution in [1.29, 1.82) is 0 Å². The minimum atomic E-state index is -1.32. The second kappa shape index (κ2) is 8.21. The Kier molecular flexibility index (Phi) is 6.01. The summed E-state index contributed by atoms with van der Waals surface area (Å²) in [6, 6.07) is 5.66. The number of amides is 1. The molecular weight excluding hydrogens is 366 g/mol. The number of halogens is 2. The number of benzene rings is 2. The van der Waals surface area contributed by atoms with E-state index in [1.807, 2.05) is 0 Å². The van der Waals surface area contributed by atoms with Gasteiger partial charge in [0.05, 0.1) is 29.4 Å². The van der Waals surface area contributed by atoms with Crippen LogP contribution in [0.5, 0.6) is 5.75 Å². The number of anilines is 1. The average molecular weight is 380 g/mol. The van der Waals surface area contributed by atoms with Gasteiger partial charge in [0.2, 0.25) is 0 Å². The van der Waals surface area contributed by atoms with Crippen molar-refractivity contribution in [1.82, 2.24) is 0 Å². The summed E-state index contributed by atoms with van der Waals surface area (Å²) in [6.45, 7) is 1.25. The van der Waals surface area contributed by atoms with Crippen molar-refractivity contribution in [2.75, 3.05) is 12.4 Å². The quantitative estimate of drug-likeness (QED) is 0.469. The molecule has 8 nitrogen and oxygen atoms in total. The Morgan fingerprint density at radius 1 is 1.15 bits per heavy atom. The molecule has 0 bridgehead atoms. The van der Waals surface area contributed by atoms with Crippen LogP contribution in [0.2, 0.25) is 0 Å². The molecule has 0 saturated heterocycles. The van der Waals surface area contributed by atoms with Crippen LogP contribution >= 0.6 is 0 Å². The van der Waals surface area contributed by atoms with E-state index in [4.69, 9.17) is 9.47 Å². The van der Waals surface area contributed by atoms with Crippen LogP contribution < -0.4 is 10.1 Å². The molecule has 0 heterocycles. The number of carbonyl (C=O) groups is 2. The summed E-state index contributed by atoms with van der Waals surface area (Å²) >= 11 is 0. The third-order valence-electron chi connectivity index (χ3n) is 3.41. The maximum atomic E-state index is 13.2. The van der Waals surface area contributed by atoms with Crippen molar-refractivity contribution in [3.63, 3.8) is 0 Å². The monoisotopic (exact) mass is 380 g/mol. The highest BCUT2D eigenvalue weighted by Gasteiger charge is 2.22. The van der Waals surface area contributed by atoms with Crippen molar-refractivity contribution in [3.05, 3.63) is 63.7 Å². The second-order valence-electron chi connectivity index (χ2n) is 5.34. The molecule has 0 radical (unpaired) electrons. The highest BCUT2D eigenvalue weighted by Crippen LogP contribution is 2.29. The summed E-state index contributed by atoms with van der Waals surface area (Å²) in [5.74, 6) is -3.76. The molecule has 1 amide bonds. The van der Waals surface area contributed by atoms with Crippen molar-refractivity contribution in [2.24, 2.45) is 0 Å². The molecule has 2 aromatic carbocycles. The Morgan fingerprint density at radius 2 is 1.78 bits per heavy atom. The van der Waals surface area contributed by atoms with Gasteiger partial charge in [0.1, 0.15) is 17.4 Å². The molecule has 1 atom stereocenters. The molecule has 0 aliphatic carbocycles. The fraction of sp³-hybridized carbons (Fsp3) is 0.176. The largest absolute Gasteiger partial charge is 0.494 e. The number of hydrogen-bond donors (Lipinski definition) is 1. The van der Waals surface area contributed by atoms with Gasteiger partial charge < -0.3 is 14.8 Å². The van der Waals surface area contributed by atoms with Crippen LogP contribution in [0.4, 0.5) is 20.2 Å². The molecule has 0 spiro atoms. The van der Waals surface area contributed by atoms with Crippen LogP contribution in [0.3, 0.4) is 0 Å². The minimum Gasteiger partial charge on any atom is -0.494 e. The van der Waals surface area contributed by atoms with E-state index in [9.17, 15) is 28.5 Å². The number of hydrogen-bond acceptors (Lipinski definition) is 6. The Hall–Kier alpha value is -3.56. The van der Waals surface area contributed by atoms with Gasteiger partial charge >= 0.3 is 5.97 Å². The Morgan fingerprint density at radius 3 is 2.33 bits per heavy atom. The maximum Gasteiger partial charge on any atom is 0.339 e. The molecule has 0 fully saturated rings. The fourth-order valence-corrected chi connectivity index (χ4v) is 2.08. The van der Waals surface area contributed by atoms with E-state index in [2.05, 4.69) is 5.32 Å². The molecule has 0 aliphatic rings. The number of nitro groups is 1. The molecule has 2 rings (SSSR count). The van der Waals surface area contributed by atoms with E-state index in [-0.39, 0.29) is 22.7 Å². The molecule has 2 aromatic rings. The highest BCUT2D eigenvalue weighted by atomic mass is 19.1. The highest BCUT2D eigenvalue weighted by molar-refractivity contribution is 5.98. The van der Waals surface area contributed by atoms with Gasteiger partial charge in [0, 0.05) is 12.1 Å². The Bertz CT molecular complexity index is 883. The van der Waals surface area contributed by atoms with E-state index >= 15 is 0 Å². The molecule has 10 heteroatoms. The SMILES string of the molecule is COc1cc([N+](=O)[O-])ccc1NC(=O)[C@H](C)OC(=O)c1cc(F)cc(F)c1.